The van der Waals surface area contributed by atoms with E-state index >= 15 is 0 Å². The number of aryl methyl sites for hydroxylation is 1. The Labute approximate surface area is 140 Å². The van der Waals surface area contributed by atoms with Crippen LogP contribution in [0, 0.1) is 6.92 Å². The van der Waals surface area contributed by atoms with E-state index < -0.39 is 0 Å². The lowest BCUT2D eigenvalue weighted by atomic mass is 10.0. The van der Waals surface area contributed by atoms with Gasteiger partial charge in [-0.1, -0.05) is 6.07 Å². The summed E-state index contributed by atoms with van der Waals surface area (Å²) in [5, 5.41) is 2.91. The second-order valence-corrected chi connectivity index (χ2v) is 6.34. The average molecular weight is 324 g/mol. The molecule has 2 aliphatic rings. The van der Waals surface area contributed by atoms with Crippen molar-refractivity contribution in [3.05, 3.63) is 36.0 Å². The van der Waals surface area contributed by atoms with E-state index in [9.17, 15) is 4.79 Å². The molecule has 3 heterocycles. The van der Waals surface area contributed by atoms with E-state index in [1.807, 2.05) is 18.2 Å². The van der Waals surface area contributed by atoms with Crippen molar-refractivity contribution in [1.82, 2.24) is 4.98 Å². The topological polar surface area (TPSA) is 80.5 Å². The van der Waals surface area contributed by atoms with Crippen LogP contribution in [-0.2, 0) is 9.53 Å². The van der Waals surface area contributed by atoms with Gasteiger partial charge in [0.25, 0.3) is 0 Å². The fourth-order valence-electron chi connectivity index (χ4n) is 3.40. The number of nitrogens with two attached hydrogens (primary N) is 1. The van der Waals surface area contributed by atoms with Gasteiger partial charge >= 0.3 is 0 Å². The van der Waals surface area contributed by atoms with Crippen molar-refractivity contribution in [1.29, 1.82) is 0 Å². The number of nitrogen functional groups attached to an aromatic ring is 1. The summed E-state index contributed by atoms with van der Waals surface area (Å²) in [5.74, 6) is 0.601. The van der Waals surface area contributed by atoms with Gasteiger partial charge in [0.05, 0.1) is 24.9 Å². The number of carbonyl (C=O) groups excluding carboxylic acids is 1. The molecule has 124 valence electrons. The molecular formula is C18H20N4O2. The van der Waals surface area contributed by atoms with E-state index in [1.165, 1.54) is 0 Å². The number of morpholine rings is 1. The van der Waals surface area contributed by atoms with Gasteiger partial charge in [-0.25, -0.2) is 4.98 Å². The number of anilines is 3. The number of nitrogens with one attached hydrogen (secondary N) is 1. The zero-order valence-electron chi connectivity index (χ0n) is 13.6. The number of nitrogens with zero attached hydrogens (tertiary/aromatic N) is 2. The maximum atomic E-state index is 12.1. The summed E-state index contributed by atoms with van der Waals surface area (Å²) in [5.41, 5.74) is 10.8. The molecule has 0 bridgehead atoms. The van der Waals surface area contributed by atoms with Crippen LogP contribution in [0.4, 0.5) is 17.2 Å². The van der Waals surface area contributed by atoms with Crippen molar-refractivity contribution in [2.45, 2.75) is 19.4 Å². The average Bonchev–Trinajstić information content (AvgIpc) is 2.72. The molecule has 1 fully saturated rings. The highest BCUT2D eigenvalue weighted by atomic mass is 16.5. The zero-order valence-corrected chi connectivity index (χ0v) is 13.6. The molecular weight excluding hydrogens is 304 g/mol. The Balaban J connectivity index is 1.82. The number of ether oxygens (including phenoxy) is 1. The van der Waals surface area contributed by atoms with Crippen molar-refractivity contribution < 1.29 is 9.53 Å². The number of fused-ring (bicyclic) bond motifs is 3. The Morgan fingerprint density at radius 1 is 1.38 bits per heavy atom. The highest BCUT2D eigenvalue weighted by Crippen LogP contribution is 2.35. The Bertz CT molecular complexity index is 806. The molecule has 0 spiro atoms. The van der Waals surface area contributed by atoms with E-state index in [4.69, 9.17) is 10.5 Å². The summed E-state index contributed by atoms with van der Waals surface area (Å²) < 4.78 is 5.55. The molecule has 2 aliphatic heterocycles. The molecule has 0 aliphatic carbocycles. The number of rotatable bonds is 1. The van der Waals surface area contributed by atoms with Gasteiger partial charge in [0.15, 0.2) is 5.82 Å². The van der Waals surface area contributed by atoms with Crippen LogP contribution in [0.1, 0.15) is 12.0 Å². The Hall–Kier alpha value is -2.60. The Morgan fingerprint density at radius 2 is 2.25 bits per heavy atom. The molecule has 0 radical (unpaired) electrons. The molecule has 1 aromatic heterocycles. The van der Waals surface area contributed by atoms with Crippen molar-refractivity contribution >= 4 is 23.1 Å². The highest BCUT2D eigenvalue weighted by molar-refractivity contribution is 5.96. The first-order valence-electron chi connectivity index (χ1n) is 8.12. The number of amides is 1. The molecule has 1 saturated heterocycles. The first kappa shape index (κ1) is 15.0. The minimum atomic E-state index is -0.0189. The smallest absolute Gasteiger partial charge is 0.227 e. The second kappa shape index (κ2) is 5.79. The van der Waals surface area contributed by atoms with Crippen LogP contribution in [0.2, 0.25) is 0 Å². The molecule has 24 heavy (non-hydrogen) atoms. The lowest BCUT2D eigenvalue weighted by Gasteiger charge is -2.35. The van der Waals surface area contributed by atoms with E-state index in [0.29, 0.717) is 25.5 Å². The number of hydrogen-bond acceptors (Lipinski definition) is 5. The number of benzene rings is 1. The lowest BCUT2D eigenvalue weighted by molar-refractivity contribution is -0.116. The number of aromatic nitrogens is 1. The summed E-state index contributed by atoms with van der Waals surface area (Å²) in [4.78, 5) is 18.8. The fraction of sp³-hybridized carbons (Fsp3) is 0.333. The molecule has 6 nitrogen and oxygen atoms in total. The van der Waals surface area contributed by atoms with Crippen LogP contribution in [-0.4, -0.2) is 36.7 Å². The first-order chi connectivity index (χ1) is 11.6. The van der Waals surface area contributed by atoms with Gasteiger partial charge in [-0.3, -0.25) is 4.79 Å². The molecule has 1 atom stereocenters. The predicted molar refractivity (Wildman–Crippen MR) is 94.0 cm³/mol. The number of hydrogen-bond donors (Lipinski definition) is 2. The third kappa shape index (κ3) is 2.59. The quantitative estimate of drug-likeness (QED) is 0.786. The molecule has 1 aromatic carbocycles. The van der Waals surface area contributed by atoms with E-state index in [1.54, 1.807) is 6.20 Å². The van der Waals surface area contributed by atoms with Crippen LogP contribution < -0.4 is 16.0 Å². The first-order valence-corrected chi connectivity index (χ1v) is 8.12. The maximum Gasteiger partial charge on any atom is 0.227 e. The second-order valence-electron chi connectivity index (χ2n) is 6.34. The summed E-state index contributed by atoms with van der Waals surface area (Å²) in [6.07, 6.45) is 2.21. The van der Waals surface area contributed by atoms with Gasteiger partial charge < -0.3 is 20.7 Å². The van der Waals surface area contributed by atoms with Gasteiger partial charge in [0.1, 0.15) is 0 Å². The summed E-state index contributed by atoms with van der Waals surface area (Å²) in [6.45, 7) is 4.04. The Kier molecular flexibility index (Phi) is 3.61. The molecule has 0 saturated carbocycles. The van der Waals surface area contributed by atoms with Gasteiger partial charge in [0, 0.05) is 30.4 Å². The molecule has 4 rings (SSSR count). The molecule has 1 unspecified atom stereocenters. The van der Waals surface area contributed by atoms with Gasteiger partial charge in [-0.05, 0) is 36.2 Å². The molecule has 1 amide bonds. The predicted octanol–water partition coefficient (Wildman–Crippen LogP) is 2.19. The van der Waals surface area contributed by atoms with Crippen LogP contribution in [0.5, 0.6) is 0 Å². The van der Waals surface area contributed by atoms with Crippen molar-refractivity contribution in [3.8, 4) is 11.1 Å². The summed E-state index contributed by atoms with van der Waals surface area (Å²) >= 11 is 0. The van der Waals surface area contributed by atoms with Crippen LogP contribution >= 0.6 is 0 Å². The summed E-state index contributed by atoms with van der Waals surface area (Å²) in [6, 6.07) is 8.02. The van der Waals surface area contributed by atoms with E-state index in [-0.39, 0.29) is 11.9 Å². The molecule has 3 N–H and O–H groups in total. The third-order valence-corrected chi connectivity index (χ3v) is 4.66. The number of carbonyl (C=O) groups is 1. The zero-order chi connectivity index (χ0) is 16.7. The maximum absolute atomic E-state index is 12.1. The normalized spacial score (nSPS) is 20.0. The fourth-order valence-corrected chi connectivity index (χ4v) is 3.40. The van der Waals surface area contributed by atoms with E-state index in [2.05, 4.69) is 28.2 Å². The highest BCUT2D eigenvalue weighted by Gasteiger charge is 2.31. The summed E-state index contributed by atoms with van der Waals surface area (Å²) in [7, 11) is 0. The van der Waals surface area contributed by atoms with Crippen molar-refractivity contribution in [3.63, 3.8) is 0 Å². The molecule has 6 heteroatoms. The minimum Gasteiger partial charge on any atom is -0.399 e. The van der Waals surface area contributed by atoms with Crippen LogP contribution in [0.15, 0.2) is 30.5 Å². The standard InChI is InChI=1S/C18H20N4O2/c1-11-2-3-13(19)7-15(11)12-6-16-18(20-9-12)21-17(23)8-14-10-24-5-4-22(14)16/h2-3,6-7,9,14H,4-5,8,10,19H2,1H3,(H,20,21,23). The van der Waals surface area contributed by atoms with Crippen LogP contribution in [0.25, 0.3) is 11.1 Å². The van der Waals surface area contributed by atoms with E-state index in [0.717, 1.165) is 34.6 Å². The van der Waals surface area contributed by atoms with Gasteiger partial charge in [0.2, 0.25) is 5.91 Å². The van der Waals surface area contributed by atoms with Gasteiger partial charge in [-0.2, -0.15) is 0 Å². The molecule has 2 aromatic rings. The third-order valence-electron chi connectivity index (χ3n) is 4.66. The van der Waals surface area contributed by atoms with Crippen LogP contribution in [0.3, 0.4) is 0 Å². The van der Waals surface area contributed by atoms with Crippen molar-refractivity contribution in [2.24, 2.45) is 0 Å². The van der Waals surface area contributed by atoms with Gasteiger partial charge in [-0.15, -0.1) is 0 Å². The Morgan fingerprint density at radius 3 is 3.12 bits per heavy atom. The lowest BCUT2D eigenvalue weighted by Crippen LogP contribution is -2.45. The van der Waals surface area contributed by atoms with Crippen molar-refractivity contribution in [2.75, 3.05) is 35.7 Å². The minimum absolute atomic E-state index is 0.0189. The largest absolute Gasteiger partial charge is 0.399 e. The SMILES string of the molecule is Cc1ccc(N)cc1-c1cnc2c(c1)N1CCOCC1CC(=O)N2. The number of pyridine rings is 1. The monoisotopic (exact) mass is 324 g/mol.